The van der Waals surface area contributed by atoms with Gasteiger partial charge in [-0.2, -0.15) is 0 Å². The second kappa shape index (κ2) is 9.23. The lowest BCUT2D eigenvalue weighted by molar-refractivity contribution is -0.122. The van der Waals surface area contributed by atoms with Gasteiger partial charge in [0.1, 0.15) is 5.75 Å². The zero-order valence-corrected chi connectivity index (χ0v) is 15.4. The van der Waals surface area contributed by atoms with Crippen LogP contribution in [0.3, 0.4) is 0 Å². The summed E-state index contributed by atoms with van der Waals surface area (Å²) < 4.78 is 5.62. The van der Waals surface area contributed by atoms with Crippen LogP contribution in [0, 0.1) is 0 Å². The lowest BCUT2D eigenvalue weighted by atomic mass is 10.2. The Kier molecular flexibility index (Phi) is 6.25. The van der Waals surface area contributed by atoms with E-state index in [9.17, 15) is 9.59 Å². The number of carbonyl (C=O) groups excluding carboxylic acids is 2. The van der Waals surface area contributed by atoms with Crippen molar-refractivity contribution in [2.45, 2.75) is 13.0 Å². The Bertz CT molecular complexity index is 930. The molecule has 0 saturated carbocycles. The van der Waals surface area contributed by atoms with Crippen molar-refractivity contribution in [3.8, 4) is 5.75 Å². The molecule has 28 heavy (non-hydrogen) atoms. The molecule has 3 N–H and O–H groups in total. The summed E-state index contributed by atoms with van der Waals surface area (Å²) in [6, 6.07) is 24.8. The van der Waals surface area contributed by atoms with E-state index in [1.807, 2.05) is 36.4 Å². The van der Waals surface area contributed by atoms with Gasteiger partial charge in [-0.15, -0.1) is 0 Å². The third-order valence-electron chi connectivity index (χ3n) is 3.84. The van der Waals surface area contributed by atoms with Crippen molar-refractivity contribution in [2.24, 2.45) is 0 Å². The second-order valence-electron chi connectivity index (χ2n) is 6.09. The highest BCUT2D eigenvalue weighted by Crippen LogP contribution is 2.17. The molecule has 0 radical (unpaired) electrons. The summed E-state index contributed by atoms with van der Waals surface area (Å²) in [5.41, 5.74) is 1.81. The monoisotopic (exact) mass is 375 g/mol. The van der Waals surface area contributed by atoms with Gasteiger partial charge in [0, 0.05) is 17.1 Å². The third kappa shape index (κ3) is 5.60. The molecule has 0 aliphatic rings. The van der Waals surface area contributed by atoms with Crippen molar-refractivity contribution in [3.05, 3.63) is 84.9 Å². The van der Waals surface area contributed by atoms with E-state index in [2.05, 4.69) is 16.0 Å². The van der Waals surface area contributed by atoms with Gasteiger partial charge >= 0.3 is 6.03 Å². The maximum Gasteiger partial charge on any atom is 0.323 e. The number of ether oxygens (including phenoxy) is 1. The van der Waals surface area contributed by atoms with Crippen molar-refractivity contribution < 1.29 is 14.3 Å². The van der Waals surface area contributed by atoms with E-state index in [0.717, 1.165) is 0 Å². The number of anilines is 3. The molecule has 0 saturated heterocycles. The molecule has 0 bridgehead atoms. The van der Waals surface area contributed by atoms with Gasteiger partial charge in [-0.25, -0.2) is 4.79 Å². The number of hydrogen-bond acceptors (Lipinski definition) is 3. The summed E-state index contributed by atoms with van der Waals surface area (Å²) in [6.07, 6.45) is -0.666. The second-order valence-corrected chi connectivity index (χ2v) is 6.09. The molecule has 0 fully saturated rings. The Morgan fingerprint density at radius 3 is 1.93 bits per heavy atom. The number of hydrogen-bond donors (Lipinski definition) is 3. The van der Waals surface area contributed by atoms with E-state index in [1.54, 1.807) is 55.5 Å². The number of para-hydroxylation sites is 2. The topological polar surface area (TPSA) is 79.5 Å². The average Bonchev–Trinajstić information content (AvgIpc) is 2.69. The summed E-state index contributed by atoms with van der Waals surface area (Å²) in [4.78, 5) is 24.5. The normalized spacial score (nSPS) is 11.2. The van der Waals surface area contributed by atoms with Crippen molar-refractivity contribution in [3.63, 3.8) is 0 Å². The molecular weight excluding hydrogens is 354 g/mol. The van der Waals surface area contributed by atoms with Crippen molar-refractivity contribution in [1.82, 2.24) is 0 Å². The van der Waals surface area contributed by atoms with Gasteiger partial charge in [0.2, 0.25) is 0 Å². The Hall–Kier alpha value is -3.80. The fourth-order valence-corrected chi connectivity index (χ4v) is 2.49. The minimum Gasteiger partial charge on any atom is -0.481 e. The van der Waals surface area contributed by atoms with Gasteiger partial charge in [-0.1, -0.05) is 42.5 Å². The molecule has 1 atom stereocenters. The SMILES string of the molecule is CC(Oc1ccccc1)C(=O)Nc1cccc(NC(=O)Nc2ccccc2)c1. The predicted molar refractivity (Wildman–Crippen MR) is 111 cm³/mol. The zero-order chi connectivity index (χ0) is 19.8. The van der Waals surface area contributed by atoms with Gasteiger partial charge in [-0.05, 0) is 49.4 Å². The number of nitrogens with one attached hydrogen (secondary N) is 3. The molecule has 3 rings (SSSR count). The molecule has 6 heteroatoms. The van der Waals surface area contributed by atoms with Gasteiger partial charge in [0.25, 0.3) is 5.91 Å². The van der Waals surface area contributed by atoms with Crippen LogP contribution in [0.1, 0.15) is 6.92 Å². The Morgan fingerprint density at radius 1 is 0.714 bits per heavy atom. The number of carbonyl (C=O) groups is 2. The molecule has 0 aliphatic carbocycles. The van der Waals surface area contributed by atoms with E-state index in [-0.39, 0.29) is 11.9 Å². The number of amides is 3. The first-order valence-electron chi connectivity index (χ1n) is 8.86. The van der Waals surface area contributed by atoms with Crippen molar-refractivity contribution >= 4 is 29.0 Å². The van der Waals surface area contributed by atoms with Gasteiger partial charge in [0.15, 0.2) is 6.10 Å². The summed E-state index contributed by atoms with van der Waals surface area (Å²) in [6.45, 7) is 1.68. The summed E-state index contributed by atoms with van der Waals surface area (Å²) in [5, 5.41) is 8.27. The number of urea groups is 1. The van der Waals surface area contributed by atoms with Crippen LogP contribution in [-0.4, -0.2) is 18.0 Å². The van der Waals surface area contributed by atoms with E-state index in [0.29, 0.717) is 22.8 Å². The van der Waals surface area contributed by atoms with Crippen LogP contribution in [0.2, 0.25) is 0 Å². The zero-order valence-electron chi connectivity index (χ0n) is 15.4. The van der Waals surface area contributed by atoms with Gasteiger partial charge in [0.05, 0.1) is 0 Å². The van der Waals surface area contributed by atoms with Crippen LogP contribution in [0.15, 0.2) is 84.9 Å². The van der Waals surface area contributed by atoms with Crippen LogP contribution in [-0.2, 0) is 4.79 Å². The maximum absolute atomic E-state index is 12.4. The summed E-state index contributed by atoms with van der Waals surface area (Å²) >= 11 is 0. The number of benzene rings is 3. The van der Waals surface area contributed by atoms with E-state index >= 15 is 0 Å². The van der Waals surface area contributed by atoms with Crippen LogP contribution < -0.4 is 20.7 Å². The Balaban J connectivity index is 1.56. The quantitative estimate of drug-likeness (QED) is 0.582. The molecule has 6 nitrogen and oxygen atoms in total. The summed E-state index contributed by atoms with van der Waals surface area (Å²) in [7, 11) is 0. The van der Waals surface area contributed by atoms with Gasteiger partial charge in [-0.3, -0.25) is 4.79 Å². The first-order chi connectivity index (χ1) is 13.6. The smallest absolute Gasteiger partial charge is 0.323 e. The lowest BCUT2D eigenvalue weighted by Crippen LogP contribution is -2.30. The highest BCUT2D eigenvalue weighted by atomic mass is 16.5. The van der Waals surface area contributed by atoms with E-state index in [4.69, 9.17) is 4.74 Å². The summed E-state index contributed by atoms with van der Waals surface area (Å²) in [5.74, 6) is 0.341. The Labute approximate surface area is 163 Å². The lowest BCUT2D eigenvalue weighted by Gasteiger charge is -2.15. The molecule has 0 aliphatic heterocycles. The highest BCUT2D eigenvalue weighted by Gasteiger charge is 2.15. The molecule has 3 aromatic carbocycles. The number of rotatable bonds is 6. The van der Waals surface area contributed by atoms with Crippen LogP contribution in [0.5, 0.6) is 5.75 Å². The van der Waals surface area contributed by atoms with Crippen LogP contribution in [0.4, 0.5) is 21.9 Å². The maximum atomic E-state index is 12.4. The third-order valence-corrected chi connectivity index (χ3v) is 3.84. The molecule has 142 valence electrons. The highest BCUT2D eigenvalue weighted by molar-refractivity contribution is 6.00. The standard InChI is InChI=1S/C22H21N3O3/c1-16(28-20-13-6-3-7-14-20)21(26)23-18-11-8-12-19(15-18)25-22(27)24-17-9-4-2-5-10-17/h2-16H,1H3,(H,23,26)(H2,24,25,27). The average molecular weight is 375 g/mol. The van der Waals surface area contributed by atoms with Crippen molar-refractivity contribution in [2.75, 3.05) is 16.0 Å². The molecule has 0 heterocycles. The predicted octanol–water partition coefficient (Wildman–Crippen LogP) is 4.74. The molecule has 0 spiro atoms. The minimum absolute atomic E-state index is 0.283. The molecule has 3 aromatic rings. The first-order valence-corrected chi connectivity index (χ1v) is 8.86. The first kappa shape index (κ1) is 19.0. The molecule has 0 aromatic heterocycles. The minimum atomic E-state index is -0.666. The van der Waals surface area contributed by atoms with Crippen LogP contribution >= 0.6 is 0 Å². The van der Waals surface area contributed by atoms with Gasteiger partial charge < -0.3 is 20.7 Å². The fraction of sp³-hybridized carbons (Fsp3) is 0.0909. The van der Waals surface area contributed by atoms with Crippen LogP contribution in [0.25, 0.3) is 0 Å². The molecule has 3 amide bonds. The van der Waals surface area contributed by atoms with Crippen molar-refractivity contribution in [1.29, 1.82) is 0 Å². The van der Waals surface area contributed by atoms with E-state index < -0.39 is 6.10 Å². The van der Waals surface area contributed by atoms with E-state index in [1.165, 1.54) is 0 Å². The Morgan fingerprint density at radius 2 is 1.25 bits per heavy atom. The fourth-order valence-electron chi connectivity index (χ4n) is 2.49. The molecule has 1 unspecified atom stereocenters. The largest absolute Gasteiger partial charge is 0.481 e. The molecular formula is C22H21N3O3.